The zero-order chi connectivity index (χ0) is 24.4. The fraction of sp³-hybridized carbons (Fsp3) is 0. The topological polar surface area (TPSA) is 96.0 Å². The van der Waals surface area contributed by atoms with Crippen molar-refractivity contribution in [3.63, 3.8) is 0 Å². The molecule has 0 saturated carbocycles. The number of thioether (sulfide) groups is 1. The van der Waals surface area contributed by atoms with E-state index in [1.54, 1.807) is 79.0 Å². The van der Waals surface area contributed by atoms with Gasteiger partial charge in [0.15, 0.2) is 5.17 Å². The van der Waals surface area contributed by atoms with Gasteiger partial charge in [0.25, 0.3) is 5.91 Å². The molecule has 7 nitrogen and oxygen atoms in total. The fourth-order valence-electron chi connectivity index (χ4n) is 3.38. The van der Waals surface area contributed by atoms with Gasteiger partial charge in [-0.15, -0.1) is 0 Å². The van der Waals surface area contributed by atoms with Crippen molar-refractivity contribution in [2.24, 2.45) is 4.99 Å². The molecule has 1 aliphatic rings. The predicted octanol–water partition coefficient (Wildman–Crippen LogP) is 6.50. The lowest BCUT2D eigenvalue weighted by atomic mass is 10.1. The molecule has 1 aliphatic heterocycles. The first-order valence-electron chi connectivity index (χ1n) is 10.4. The number of rotatable bonds is 5. The number of halogens is 1. The molecule has 5 rings (SSSR count). The van der Waals surface area contributed by atoms with Crippen molar-refractivity contribution >= 4 is 58.0 Å². The molecule has 0 bridgehead atoms. The van der Waals surface area contributed by atoms with Gasteiger partial charge in [-0.3, -0.25) is 4.79 Å². The molecule has 0 atom stereocenters. The number of aliphatic imine (C=N–C) groups is 1. The number of amidine groups is 1. The standard InChI is InChI=1S/C26H16ClN3O4S/c27-18-7-9-19(10-8-18)29-26-30(23-6-1-2-13-28-23)24(31)22(35-26)15-20-11-12-21(34-20)16-4-3-5-17(14-16)25(32)33/h1-15H,(H,32,33)/b22-15-,29-26?. The Morgan fingerprint density at radius 3 is 2.63 bits per heavy atom. The number of carbonyl (C=O) groups excluding carboxylic acids is 1. The monoisotopic (exact) mass is 501 g/mol. The van der Waals surface area contributed by atoms with Gasteiger partial charge in [-0.25, -0.2) is 19.7 Å². The van der Waals surface area contributed by atoms with Gasteiger partial charge in [0.2, 0.25) is 0 Å². The van der Waals surface area contributed by atoms with E-state index in [-0.39, 0.29) is 11.5 Å². The van der Waals surface area contributed by atoms with E-state index in [1.807, 2.05) is 0 Å². The van der Waals surface area contributed by atoms with Crippen LogP contribution in [0.25, 0.3) is 17.4 Å². The lowest BCUT2D eigenvalue weighted by Crippen LogP contribution is -2.29. The number of aromatic carboxylic acids is 1. The van der Waals surface area contributed by atoms with Gasteiger partial charge in [0.05, 0.1) is 16.2 Å². The van der Waals surface area contributed by atoms with Gasteiger partial charge in [0, 0.05) is 22.9 Å². The van der Waals surface area contributed by atoms with E-state index in [0.29, 0.717) is 43.7 Å². The van der Waals surface area contributed by atoms with E-state index in [9.17, 15) is 14.7 Å². The van der Waals surface area contributed by atoms with E-state index in [4.69, 9.17) is 16.0 Å². The maximum absolute atomic E-state index is 13.3. The summed E-state index contributed by atoms with van der Waals surface area (Å²) in [5.41, 5.74) is 1.43. The Morgan fingerprint density at radius 1 is 1.06 bits per heavy atom. The first-order chi connectivity index (χ1) is 17.0. The molecule has 35 heavy (non-hydrogen) atoms. The molecular weight excluding hydrogens is 486 g/mol. The molecule has 1 amide bonds. The third-order valence-electron chi connectivity index (χ3n) is 5.03. The highest BCUT2D eigenvalue weighted by Crippen LogP contribution is 2.37. The second-order valence-electron chi connectivity index (χ2n) is 7.40. The smallest absolute Gasteiger partial charge is 0.335 e. The SMILES string of the molecule is O=C(O)c1cccc(-c2ccc(/C=C3\SC(=Nc4ccc(Cl)cc4)N(c4ccccn4)C3=O)o2)c1. The van der Waals surface area contributed by atoms with Gasteiger partial charge in [-0.2, -0.15) is 0 Å². The molecule has 0 unspecified atom stereocenters. The summed E-state index contributed by atoms with van der Waals surface area (Å²) in [7, 11) is 0. The van der Waals surface area contributed by atoms with Crippen LogP contribution in [0.1, 0.15) is 16.1 Å². The first kappa shape index (κ1) is 22.6. The Labute approximate surface area is 209 Å². The normalized spacial score (nSPS) is 15.8. The molecule has 1 N–H and O–H groups in total. The third-order valence-corrected chi connectivity index (χ3v) is 6.25. The van der Waals surface area contributed by atoms with Crippen molar-refractivity contribution in [1.29, 1.82) is 0 Å². The van der Waals surface area contributed by atoms with Gasteiger partial charge in [-0.1, -0.05) is 29.8 Å². The predicted molar refractivity (Wildman–Crippen MR) is 137 cm³/mol. The van der Waals surface area contributed by atoms with Crippen LogP contribution in [0.2, 0.25) is 5.02 Å². The summed E-state index contributed by atoms with van der Waals surface area (Å²) in [6.07, 6.45) is 3.25. The number of benzene rings is 2. The molecule has 0 spiro atoms. The number of carboxylic acid groups (broad SMARTS) is 1. The zero-order valence-corrected chi connectivity index (χ0v) is 19.5. The number of furan rings is 1. The van der Waals surface area contributed by atoms with Crippen molar-refractivity contribution < 1.29 is 19.1 Å². The number of pyridine rings is 1. The number of carbonyl (C=O) groups is 2. The highest BCUT2D eigenvalue weighted by molar-refractivity contribution is 8.19. The Bertz CT molecular complexity index is 1480. The number of anilines is 1. The molecule has 1 saturated heterocycles. The van der Waals surface area contributed by atoms with Crippen molar-refractivity contribution in [1.82, 2.24) is 4.98 Å². The first-order valence-corrected chi connectivity index (χ1v) is 11.6. The summed E-state index contributed by atoms with van der Waals surface area (Å²) in [6.45, 7) is 0. The van der Waals surface area contributed by atoms with E-state index < -0.39 is 5.97 Å². The van der Waals surface area contributed by atoms with E-state index >= 15 is 0 Å². The van der Waals surface area contributed by atoms with Crippen LogP contribution in [0.3, 0.4) is 0 Å². The molecule has 3 heterocycles. The summed E-state index contributed by atoms with van der Waals surface area (Å²) >= 11 is 7.19. The zero-order valence-electron chi connectivity index (χ0n) is 18.0. The molecule has 4 aromatic rings. The highest BCUT2D eigenvalue weighted by atomic mass is 35.5. The van der Waals surface area contributed by atoms with Crippen molar-refractivity contribution in [3.05, 3.63) is 106 Å². The molecular formula is C26H16ClN3O4S. The van der Waals surface area contributed by atoms with Crippen molar-refractivity contribution in [2.75, 3.05) is 4.90 Å². The van der Waals surface area contributed by atoms with Crippen LogP contribution in [0, 0.1) is 0 Å². The van der Waals surface area contributed by atoms with Crippen LogP contribution in [-0.2, 0) is 4.79 Å². The average Bonchev–Trinajstić information content (AvgIpc) is 3.46. The van der Waals surface area contributed by atoms with Gasteiger partial charge < -0.3 is 9.52 Å². The Kier molecular flexibility index (Phi) is 6.22. The van der Waals surface area contributed by atoms with Crippen LogP contribution >= 0.6 is 23.4 Å². The van der Waals surface area contributed by atoms with Crippen LogP contribution in [0.5, 0.6) is 0 Å². The molecule has 0 radical (unpaired) electrons. The quantitative estimate of drug-likeness (QED) is 0.313. The number of nitrogens with zero attached hydrogens (tertiary/aromatic N) is 3. The molecule has 172 valence electrons. The van der Waals surface area contributed by atoms with E-state index in [0.717, 1.165) is 0 Å². The van der Waals surface area contributed by atoms with Crippen molar-refractivity contribution in [3.8, 4) is 11.3 Å². The minimum atomic E-state index is -1.02. The third kappa shape index (κ3) is 4.89. The Morgan fingerprint density at radius 2 is 1.89 bits per heavy atom. The van der Waals surface area contributed by atoms with Gasteiger partial charge >= 0.3 is 5.97 Å². The van der Waals surface area contributed by atoms with Crippen LogP contribution in [0.15, 0.2) is 99.4 Å². The minimum absolute atomic E-state index is 0.161. The van der Waals surface area contributed by atoms with E-state index in [2.05, 4.69) is 9.98 Å². The minimum Gasteiger partial charge on any atom is -0.478 e. The van der Waals surface area contributed by atoms with E-state index in [1.165, 1.54) is 28.8 Å². The summed E-state index contributed by atoms with van der Waals surface area (Å²) < 4.78 is 5.90. The second kappa shape index (κ2) is 9.61. The summed E-state index contributed by atoms with van der Waals surface area (Å²) in [4.78, 5) is 35.4. The fourth-order valence-corrected chi connectivity index (χ4v) is 4.48. The Hall–Kier alpha value is -4.14. The summed E-state index contributed by atoms with van der Waals surface area (Å²) in [6, 6.07) is 22.2. The summed E-state index contributed by atoms with van der Waals surface area (Å²) in [5, 5.41) is 10.3. The molecule has 1 fully saturated rings. The van der Waals surface area contributed by atoms with Crippen LogP contribution in [-0.4, -0.2) is 27.1 Å². The number of amides is 1. The van der Waals surface area contributed by atoms with Gasteiger partial charge in [0.1, 0.15) is 17.3 Å². The lowest BCUT2D eigenvalue weighted by molar-refractivity contribution is -0.113. The lowest BCUT2D eigenvalue weighted by Gasteiger charge is -2.14. The maximum Gasteiger partial charge on any atom is 0.335 e. The van der Waals surface area contributed by atoms with Crippen LogP contribution < -0.4 is 4.90 Å². The molecule has 9 heteroatoms. The maximum atomic E-state index is 13.3. The summed E-state index contributed by atoms with van der Waals surface area (Å²) in [5.74, 6) is 0.0899. The van der Waals surface area contributed by atoms with Crippen molar-refractivity contribution in [2.45, 2.75) is 0 Å². The molecule has 2 aromatic carbocycles. The highest BCUT2D eigenvalue weighted by Gasteiger charge is 2.35. The molecule has 0 aliphatic carbocycles. The second-order valence-corrected chi connectivity index (χ2v) is 8.84. The number of carboxylic acids is 1. The van der Waals surface area contributed by atoms with Gasteiger partial charge in [-0.05, 0) is 72.4 Å². The number of aromatic nitrogens is 1. The Balaban J connectivity index is 1.49. The largest absolute Gasteiger partial charge is 0.478 e. The van der Waals surface area contributed by atoms with Crippen LogP contribution in [0.4, 0.5) is 11.5 Å². The molecule has 2 aromatic heterocycles. The number of hydrogen-bond donors (Lipinski definition) is 1. The average molecular weight is 502 g/mol. The number of hydrogen-bond acceptors (Lipinski definition) is 6.